The third-order valence-electron chi connectivity index (χ3n) is 4.70. The standard InChI is InChI=1S/C16H20FNO4S/c17-23(20,21)22-13-9-7-12(8-10-13)18-16(19)15-4-2-1-3-14(15)11-5-6-11/h7-11,14-15H,1-6H2,(H,18,19). The number of benzene rings is 1. The lowest BCUT2D eigenvalue weighted by atomic mass is 9.76. The van der Waals surface area contributed by atoms with Gasteiger partial charge in [0.15, 0.2) is 0 Å². The van der Waals surface area contributed by atoms with Crippen LogP contribution in [0.25, 0.3) is 0 Å². The Morgan fingerprint density at radius 1 is 1.09 bits per heavy atom. The summed E-state index contributed by atoms with van der Waals surface area (Å²) in [5.41, 5.74) is 0.554. The first-order valence-electron chi connectivity index (χ1n) is 7.97. The topological polar surface area (TPSA) is 72.5 Å². The quantitative estimate of drug-likeness (QED) is 0.833. The molecule has 0 aromatic heterocycles. The van der Waals surface area contributed by atoms with Crippen LogP contribution in [0.15, 0.2) is 24.3 Å². The van der Waals surface area contributed by atoms with Crippen LogP contribution in [0.5, 0.6) is 5.75 Å². The zero-order valence-electron chi connectivity index (χ0n) is 12.7. The first-order chi connectivity index (χ1) is 10.9. The summed E-state index contributed by atoms with van der Waals surface area (Å²) >= 11 is 0. The van der Waals surface area contributed by atoms with Gasteiger partial charge in [-0.05, 0) is 61.8 Å². The average Bonchev–Trinajstić information content (AvgIpc) is 3.32. The van der Waals surface area contributed by atoms with Crippen molar-refractivity contribution in [1.82, 2.24) is 0 Å². The Bertz CT molecular complexity index is 670. The van der Waals surface area contributed by atoms with E-state index in [9.17, 15) is 17.1 Å². The molecular formula is C16H20FNO4S. The lowest BCUT2D eigenvalue weighted by Crippen LogP contribution is -2.32. The highest BCUT2D eigenvalue weighted by atomic mass is 32.3. The van der Waals surface area contributed by atoms with E-state index in [0.29, 0.717) is 17.5 Å². The lowest BCUT2D eigenvalue weighted by molar-refractivity contribution is -0.122. The number of carbonyl (C=O) groups is 1. The number of nitrogens with one attached hydrogen (secondary N) is 1. The largest absolute Gasteiger partial charge is 0.488 e. The van der Waals surface area contributed by atoms with Crippen molar-refractivity contribution in [3.63, 3.8) is 0 Å². The van der Waals surface area contributed by atoms with E-state index in [2.05, 4.69) is 9.50 Å². The predicted octanol–water partition coefficient (Wildman–Crippen LogP) is 3.43. The zero-order chi connectivity index (χ0) is 16.4. The predicted molar refractivity (Wildman–Crippen MR) is 83.9 cm³/mol. The van der Waals surface area contributed by atoms with E-state index in [-0.39, 0.29) is 17.6 Å². The van der Waals surface area contributed by atoms with Gasteiger partial charge in [-0.1, -0.05) is 16.7 Å². The van der Waals surface area contributed by atoms with E-state index < -0.39 is 10.5 Å². The first kappa shape index (κ1) is 16.2. The summed E-state index contributed by atoms with van der Waals surface area (Å²) in [5, 5.41) is 2.88. The molecule has 126 valence electrons. The van der Waals surface area contributed by atoms with E-state index in [1.165, 1.54) is 43.5 Å². The number of hydrogen-bond donors (Lipinski definition) is 1. The molecule has 1 amide bonds. The van der Waals surface area contributed by atoms with Crippen LogP contribution in [0, 0.1) is 17.8 Å². The molecule has 7 heteroatoms. The molecule has 2 saturated carbocycles. The minimum atomic E-state index is -5.03. The second-order valence-corrected chi connectivity index (χ2v) is 7.34. The molecule has 23 heavy (non-hydrogen) atoms. The summed E-state index contributed by atoms with van der Waals surface area (Å²) in [6.07, 6.45) is 6.81. The van der Waals surface area contributed by atoms with E-state index in [1.54, 1.807) is 0 Å². The van der Waals surface area contributed by atoms with Gasteiger partial charge in [-0.25, -0.2) is 0 Å². The van der Waals surface area contributed by atoms with Gasteiger partial charge in [0.1, 0.15) is 5.75 Å². The van der Waals surface area contributed by atoms with Crippen LogP contribution in [-0.2, 0) is 15.3 Å². The number of anilines is 1. The van der Waals surface area contributed by atoms with E-state index in [0.717, 1.165) is 19.3 Å². The van der Waals surface area contributed by atoms with Gasteiger partial charge < -0.3 is 9.50 Å². The minimum Gasteiger partial charge on any atom is -0.358 e. The highest BCUT2D eigenvalue weighted by Crippen LogP contribution is 2.47. The Hall–Kier alpha value is -1.63. The fourth-order valence-corrected chi connectivity index (χ4v) is 3.86. The van der Waals surface area contributed by atoms with Crippen molar-refractivity contribution in [3.05, 3.63) is 24.3 Å². The van der Waals surface area contributed by atoms with Crippen LogP contribution in [0.3, 0.4) is 0 Å². The van der Waals surface area contributed by atoms with Gasteiger partial charge in [-0.2, -0.15) is 8.42 Å². The van der Waals surface area contributed by atoms with Gasteiger partial charge in [0.05, 0.1) is 0 Å². The van der Waals surface area contributed by atoms with Gasteiger partial charge in [-0.3, -0.25) is 4.79 Å². The summed E-state index contributed by atoms with van der Waals surface area (Å²) in [6, 6.07) is 5.64. The molecule has 5 nitrogen and oxygen atoms in total. The summed E-state index contributed by atoms with van der Waals surface area (Å²) < 4.78 is 37.4. The molecule has 1 aromatic rings. The summed E-state index contributed by atoms with van der Waals surface area (Å²) in [5.74, 6) is 1.14. The minimum absolute atomic E-state index is 0.0216. The Balaban J connectivity index is 1.62. The molecule has 1 aromatic carbocycles. The Labute approximate surface area is 135 Å². The molecule has 0 bridgehead atoms. The number of rotatable bonds is 5. The van der Waals surface area contributed by atoms with Gasteiger partial charge >= 0.3 is 10.5 Å². The number of carbonyl (C=O) groups excluding carboxylic acids is 1. The summed E-state index contributed by atoms with van der Waals surface area (Å²) in [7, 11) is -5.03. The Morgan fingerprint density at radius 3 is 2.35 bits per heavy atom. The van der Waals surface area contributed by atoms with Crippen LogP contribution in [0.2, 0.25) is 0 Å². The Kier molecular flexibility index (Phi) is 4.57. The molecule has 2 atom stereocenters. The van der Waals surface area contributed by atoms with Gasteiger partial charge in [-0.15, -0.1) is 0 Å². The van der Waals surface area contributed by atoms with Crippen LogP contribution in [0.1, 0.15) is 38.5 Å². The van der Waals surface area contributed by atoms with Crippen LogP contribution < -0.4 is 9.50 Å². The van der Waals surface area contributed by atoms with Crippen molar-refractivity contribution in [2.45, 2.75) is 38.5 Å². The van der Waals surface area contributed by atoms with Crippen molar-refractivity contribution in [1.29, 1.82) is 0 Å². The molecule has 1 N–H and O–H groups in total. The maximum Gasteiger partial charge on any atom is 0.488 e. The molecule has 0 aliphatic heterocycles. The fourth-order valence-electron chi connectivity index (χ4n) is 3.52. The van der Waals surface area contributed by atoms with Crippen molar-refractivity contribution in [2.75, 3.05) is 5.32 Å². The molecule has 0 radical (unpaired) electrons. The van der Waals surface area contributed by atoms with Crippen molar-refractivity contribution in [2.24, 2.45) is 17.8 Å². The van der Waals surface area contributed by atoms with E-state index in [1.807, 2.05) is 0 Å². The fraction of sp³-hybridized carbons (Fsp3) is 0.562. The highest BCUT2D eigenvalue weighted by Gasteiger charge is 2.40. The van der Waals surface area contributed by atoms with Crippen molar-refractivity contribution in [3.8, 4) is 5.75 Å². The number of halogens is 1. The van der Waals surface area contributed by atoms with Crippen molar-refractivity contribution >= 4 is 22.1 Å². The third kappa shape index (κ3) is 4.43. The third-order valence-corrected chi connectivity index (χ3v) is 5.09. The highest BCUT2D eigenvalue weighted by molar-refractivity contribution is 7.81. The smallest absolute Gasteiger partial charge is 0.358 e. The number of hydrogen-bond acceptors (Lipinski definition) is 4. The molecule has 2 unspecified atom stereocenters. The normalized spacial score (nSPS) is 24.9. The monoisotopic (exact) mass is 341 g/mol. The maximum atomic E-state index is 12.5. The molecular weight excluding hydrogens is 321 g/mol. The van der Waals surface area contributed by atoms with Crippen molar-refractivity contribution < 1.29 is 21.3 Å². The molecule has 2 aliphatic rings. The molecule has 2 fully saturated rings. The lowest BCUT2D eigenvalue weighted by Gasteiger charge is -2.30. The maximum absolute atomic E-state index is 12.5. The van der Waals surface area contributed by atoms with Gasteiger partial charge in [0.2, 0.25) is 5.91 Å². The van der Waals surface area contributed by atoms with Crippen LogP contribution in [0.4, 0.5) is 9.57 Å². The van der Waals surface area contributed by atoms with E-state index in [4.69, 9.17) is 0 Å². The van der Waals surface area contributed by atoms with Crippen LogP contribution in [-0.4, -0.2) is 14.3 Å². The van der Waals surface area contributed by atoms with E-state index >= 15 is 0 Å². The number of amides is 1. The second-order valence-electron chi connectivity index (χ2n) is 6.38. The Morgan fingerprint density at radius 2 is 1.74 bits per heavy atom. The van der Waals surface area contributed by atoms with Gasteiger partial charge in [0.25, 0.3) is 0 Å². The summed E-state index contributed by atoms with van der Waals surface area (Å²) in [4.78, 5) is 12.5. The molecule has 2 aliphatic carbocycles. The molecule has 0 saturated heterocycles. The second kappa shape index (κ2) is 6.47. The molecule has 0 spiro atoms. The molecule has 3 rings (SSSR count). The van der Waals surface area contributed by atoms with Gasteiger partial charge in [0, 0.05) is 11.6 Å². The average molecular weight is 341 g/mol. The molecule has 0 heterocycles. The van der Waals surface area contributed by atoms with Crippen LogP contribution >= 0.6 is 0 Å². The first-order valence-corrected chi connectivity index (χ1v) is 9.28. The zero-order valence-corrected chi connectivity index (χ0v) is 13.5. The summed E-state index contributed by atoms with van der Waals surface area (Å²) in [6.45, 7) is 0. The SMILES string of the molecule is O=C(Nc1ccc(OS(=O)(=O)F)cc1)C1CCCCC1C1CC1.